The third-order valence-electron chi connectivity index (χ3n) is 3.05. The summed E-state index contributed by atoms with van der Waals surface area (Å²) >= 11 is 0. The molecule has 1 saturated carbocycles. The number of non-ortho nitro benzene ring substituents is 1. The first-order chi connectivity index (χ1) is 9.88. The number of rotatable bonds is 5. The van der Waals surface area contributed by atoms with Crippen LogP contribution in [-0.4, -0.2) is 29.3 Å². The largest absolute Gasteiger partial charge is 0.352 e. The van der Waals surface area contributed by atoms with Crippen LogP contribution in [0.25, 0.3) is 0 Å². The number of carbonyl (C=O) groups excluding carboxylic acids is 2. The molecule has 8 heteroatoms. The molecule has 0 unspecified atom stereocenters. The molecule has 0 spiro atoms. The van der Waals surface area contributed by atoms with Crippen molar-refractivity contribution in [2.75, 3.05) is 6.54 Å². The van der Waals surface area contributed by atoms with Crippen LogP contribution in [0.1, 0.15) is 28.8 Å². The first-order valence-electron chi connectivity index (χ1n) is 6.40. The lowest BCUT2D eigenvalue weighted by atomic mass is 10.1. The summed E-state index contributed by atoms with van der Waals surface area (Å²) in [6.45, 7) is 1.04. The number of nitrogens with one attached hydrogen (secondary N) is 2. The number of amides is 2. The van der Waals surface area contributed by atoms with E-state index in [0.29, 0.717) is 0 Å². The summed E-state index contributed by atoms with van der Waals surface area (Å²) in [6, 6.07) is 2.06. The monoisotopic (exact) mass is 295 g/mol. The number of halogens is 1. The van der Waals surface area contributed by atoms with E-state index < -0.39 is 22.2 Å². The highest BCUT2D eigenvalue weighted by Crippen LogP contribution is 2.21. The molecule has 0 atom stereocenters. The van der Waals surface area contributed by atoms with Crippen LogP contribution >= 0.6 is 0 Å². The predicted octanol–water partition coefficient (Wildman–Crippen LogP) is 1.05. The molecule has 1 aromatic rings. The second-order valence-corrected chi connectivity index (χ2v) is 4.91. The Bertz CT molecular complexity index is 614. The number of nitrogens with zero attached hydrogens (tertiary/aromatic N) is 1. The minimum Gasteiger partial charge on any atom is -0.352 e. The maximum Gasteiger partial charge on any atom is 0.270 e. The van der Waals surface area contributed by atoms with Crippen LogP contribution in [0, 0.1) is 22.9 Å². The minimum absolute atomic E-state index is 0.00298. The Morgan fingerprint density at radius 3 is 2.67 bits per heavy atom. The van der Waals surface area contributed by atoms with E-state index in [4.69, 9.17) is 0 Å². The van der Waals surface area contributed by atoms with Gasteiger partial charge >= 0.3 is 0 Å². The Kier molecular flexibility index (Phi) is 4.15. The van der Waals surface area contributed by atoms with Crippen molar-refractivity contribution in [3.05, 3.63) is 39.2 Å². The van der Waals surface area contributed by atoms with Crippen molar-refractivity contribution in [3.8, 4) is 0 Å². The number of nitro benzene ring substituents is 1. The Morgan fingerprint density at radius 2 is 2.10 bits per heavy atom. The van der Waals surface area contributed by atoms with Gasteiger partial charge in [-0.15, -0.1) is 0 Å². The number of benzene rings is 1. The second-order valence-electron chi connectivity index (χ2n) is 4.91. The van der Waals surface area contributed by atoms with Gasteiger partial charge in [0.05, 0.1) is 17.0 Å². The molecular formula is C13H14FN3O4. The SMILES string of the molecule is Cc1cc([N+](=O)[O-])cc(C(=O)NCC(=O)NC2CC2)c1F. The maximum absolute atomic E-state index is 13.9. The molecule has 1 fully saturated rings. The summed E-state index contributed by atoms with van der Waals surface area (Å²) in [5, 5.41) is 15.6. The molecule has 21 heavy (non-hydrogen) atoms. The number of carbonyl (C=O) groups is 2. The molecule has 0 radical (unpaired) electrons. The van der Waals surface area contributed by atoms with E-state index in [1.165, 1.54) is 6.92 Å². The van der Waals surface area contributed by atoms with E-state index in [1.54, 1.807) is 0 Å². The Balaban J connectivity index is 2.06. The Labute approximate surface area is 119 Å². The van der Waals surface area contributed by atoms with Crippen LogP contribution in [-0.2, 0) is 4.79 Å². The molecule has 0 heterocycles. The highest BCUT2D eigenvalue weighted by molar-refractivity contribution is 5.97. The summed E-state index contributed by atoms with van der Waals surface area (Å²) in [7, 11) is 0. The normalized spacial score (nSPS) is 13.6. The van der Waals surface area contributed by atoms with E-state index in [0.717, 1.165) is 25.0 Å². The zero-order valence-corrected chi connectivity index (χ0v) is 11.3. The number of hydrogen-bond acceptors (Lipinski definition) is 4. The van der Waals surface area contributed by atoms with E-state index in [1.807, 2.05) is 0 Å². The van der Waals surface area contributed by atoms with Gasteiger partial charge in [-0.2, -0.15) is 0 Å². The van der Waals surface area contributed by atoms with Gasteiger partial charge in [0.25, 0.3) is 11.6 Å². The molecule has 112 valence electrons. The third kappa shape index (κ3) is 3.74. The molecule has 1 aromatic carbocycles. The molecule has 2 rings (SSSR count). The number of nitro groups is 1. The molecule has 2 N–H and O–H groups in total. The van der Waals surface area contributed by atoms with E-state index in [9.17, 15) is 24.1 Å². The quantitative estimate of drug-likeness (QED) is 0.626. The van der Waals surface area contributed by atoms with Crippen molar-refractivity contribution in [2.45, 2.75) is 25.8 Å². The highest BCUT2D eigenvalue weighted by atomic mass is 19.1. The molecule has 7 nitrogen and oxygen atoms in total. The van der Waals surface area contributed by atoms with Crippen LogP contribution in [0.4, 0.5) is 10.1 Å². The Hall–Kier alpha value is -2.51. The lowest BCUT2D eigenvalue weighted by Crippen LogP contribution is -2.38. The van der Waals surface area contributed by atoms with E-state index in [2.05, 4.69) is 10.6 Å². The van der Waals surface area contributed by atoms with Gasteiger partial charge in [-0.05, 0) is 25.3 Å². The fourth-order valence-electron chi connectivity index (χ4n) is 1.78. The molecule has 1 aliphatic rings. The molecule has 0 bridgehead atoms. The standard InChI is InChI=1S/C13H14FN3O4/c1-7-4-9(17(20)21)5-10(12(7)14)13(19)15-6-11(18)16-8-2-3-8/h4-5,8H,2-3,6H2,1H3,(H,15,19)(H,16,18). The average Bonchev–Trinajstić information content (AvgIpc) is 3.22. The van der Waals surface area contributed by atoms with Crippen LogP contribution in [0.5, 0.6) is 0 Å². The minimum atomic E-state index is -0.856. The van der Waals surface area contributed by atoms with E-state index >= 15 is 0 Å². The summed E-state index contributed by atoms with van der Waals surface area (Å²) in [5.41, 5.74) is -0.820. The molecule has 0 aliphatic heterocycles. The van der Waals surface area contributed by atoms with Crippen LogP contribution in [0.2, 0.25) is 0 Å². The van der Waals surface area contributed by atoms with Crippen molar-refractivity contribution >= 4 is 17.5 Å². The fraction of sp³-hybridized carbons (Fsp3) is 0.385. The zero-order valence-electron chi connectivity index (χ0n) is 11.3. The zero-order chi connectivity index (χ0) is 15.6. The average molecular weight is 295 g/mol. The van der Waals surface area contributed by atoms with Crippen molar-refractivity contribution in [1.82, 2.24) is 10.6 Å². The van der Waals surface area contributed by atoms with Crippen molar-refractivity contribution in [3.63, 3.8) is 0 Å². The molecule has 1 aliphatic carbocycles. The fourth-order valence-corrected chi connectivity index (χ4v) is 1.78. The van der Waals surface area contributed by atoms with Gasteiger partial charge in [0.2, 0.25) is 5.91 Å². The van der Waals surface area contributed by atoms with Crippen molar-refractivity contribution in [1.29, 1.82) is 0 Å². The van der Waals surface area contributed by atoms with Crippen LogP contribution < -0.4 is 10.6 Å². The van der Waals surface area contributed by atoms with Crippen molar-refractivity contribution in [2.24, 2.45) is 0 Å². The van der Waals surface area contributed by atoms with Gasteiger partial charge in [0.1, 0.15) is 5.82 Å². The summed E-state index contributed by atoms with van der Waals surface area (Å²) < 4.78 is 13.9. The third-order valence-corrected chi connectivity index (χ3v) is 3.05. The Morgan fingerprint density at radius 1 is 1.43 bits per heavy atom. The van der Waals surface area contributed by atoms with Gasteiger partial charge in [0, 0.05) is 18.2 Å². The summed E-state index contributed by atoms with van der Waals surface area (Å²) in [4.78, 5) is 33.3. The lowest BCUT2D eigenvalue weighted by molar-refractivity contribution is -0.385. The van der Waals surface area contributed by atoms with Crippen molar-refractivity contribution < 1.29 is 18.9 Å². The highest BCUT2D eigenvalue weighted by Gasteiger charge is 2.24. The maximum atomic E-state index is 13.9. The van der Waals surface area contributed by atoms with Gasteiger partial charge in [0.15, 0.2) is 0 Å². The second kappa shape index (κ2) is 5.86. The van der Waals surface area contributed by atoms with Gasteiger partial charge in [-0.1, -0.05) is 0 Å². The number of aryl methyl sites for hydroxylation is 1. The van der Waals surface area contributed by atoms with E-state index in [-0.39, 0.29) is 29.7 Å². The first kappa shape index (κ1) is 14.9. The predicted molar refractivity (Wildman–Crippen MR) is 71.3 cm³/mol. The smallest absolute Gasteiger partial charge is 0.270 e. The molecule has 0 saturated heterocycles. The topological polar surface area (TPSA) is 101 Å². The number of hydrogen-bond donors (Lipinski definition) is 2. The molecular weight excluding hydrogens is 281 g/mol. The summed E-state index contributed by atoms with van der Waals surface area (Å²) in [6.07, 6.45) is 1.83. The van der Waals surface area contributed by atoms with Gasteiger partial charge in [-0.3, -0.25) is 19.7 Å². The lowest BCUT2D eigenvalue weighted by Gasteiger charge is -2.08. The molecule has 2 amide bonds. The van der Waals surface area contributed by atoms with Crippen LogP contribution in [0.3, 0.4) is 0 Å². The van der Waals surface area contributed by atoms with Gasteiger partial charge < -0.3 is 10.6 Å². The van der Waals surface area contributed by atoms with Crippen LogP contribution in [0.15, 0.2) is 12.1 Å². The summed E-state index contributed by atoms with van der Waals surface area (Å²) in [5.74, 6) is -2.06. The van der Waals surface area contributed by atoms with Gasteiger partial charge in [-0.25, -0.2) is 4.39 Å². The first-order valence-corrected chi connectivity index (χ1v) is 6.40. The molecule has 0 aromatic heterocycles.